The van der Waals surface area contributed by atoms with Gasteiger partial charge in [0.2, 0.25) is 0 Å². The number of hydrogen-bond donors (Lipinski definition) is 1. The third kappa shape index (κ3) is 1.23. The number of H-pyrrole nitrogens is 1. The first-order chi connectivity index (χ1) is 7.79. The van der Waals surface area contributed by atoms with Crippen LogP contribution >= 0.6 is 0 Å². The fourth-order valence-electron chi connectivity index (χ4n) is 2.26. The third-order valence-electron chi connectivity index (χ3n) is 3.12. The molecule has 0 bridgehead atoms. The Balaban J connectivity index is 2.46. The van der Waals surface area contributed by atoms with Crippen molar-refractivity contribution in [2.45, 2.75) is 20.3 Å². The second kappa shape index (κ2) is 3.34. The predicted molar refractivity (Wildman–Crippen MR) is 67.7 cm³/mol. The lowest BCUT2D eigenvalue weighted by atomic mass is 10.1. The number of aromatic amines is 1. The monoisotopic (exact) mass is 210 g/mol. The molecule has 0 amide bonds. The predicted octanol–water partition coefficient (Wildman–Crippen LogP) is 3.59. The van der Waals surface area contributed by atoms with E-state index in [1.54, 1.807) is 0 Å². The van der Waals surface area contributed by atoms with Crippen LogP contribution in [0, 0.1) is 6.92 Å². The number of para-hydroxylation sites is 1. The van der Waals surface area contributed by atoms with Crippen LogP contribution in [0.3, 0.4) is 0 Å². The number of benzene rings is 1. The molecule has 0 saturated carbocycles. The van der Waals surface area contributed by atoms with E-state index in [-0.39, 0.29) is 0 Å². The summed E-state index contributed by atoms with van der Waals surface area (Å²) in [6.07, 6.45) is 0.983. The van der Waals surface area contributed by atoms with Crippen LogP contribution in [0.25, 0.3) is 21.9 Å². The highest BCUT2D eigenvalue weighted by Gasteiger charge is 2.07. The summed E-state index contributed by atoms with van der Waals surface area (Å²) in [5, 5.41) is 2.49. The molecular weight excluding hydrogens is 196 g/mol. The highest BCUT2D eigenvalue weighted by atomic mass is 14.9. The van der Waals surface area contributed by atoms with Crippen LogP contribution in [0.15, 0.2) is 30.3 Å². The van der Waals surface area contributed by atoms with Gasteiger partial charge in [0.05, 0.1) is 0 Å². The summed E-state index contributed by atoms with van der Waals surface area (Å²) >= 11 is 0. The number of pyridine rings is 1. The summed E-state index contributed by atoms with van der Waals surface area (Å²) in [6, 6.07) is 10.6. The van der Waals surface area contributed by atoms with E-state index >= 15 is 0 Å². The molecule has 1 N–H and O–H groups in total. The number of aryl methyl sites for hydroxylation is 2. The van der Waals surface area contributed by atoms with Gasteiger partial charge in [0, 0.05) is 22.0 Å². The zero-order valence-corrected chi connectivity index (χ0v) is 9.54. The fraction of sp³-hybridized carbons (Fsp3) is 0.214. The van der Waals surface area contributed by atoms with Crippen molar-refractivity contribution in [2.75, 3.05) is 0 Å². The van der Waals surface area contributed by atoms with Gasteiger partial charge in [-0.1, -0.05) is 25.1 Å². The lowest BCUT2D eigenvalue weighted by molar-refractivity contribution is 1.02. The van der Waals surface area contributed by atoms with Crippen molar-refractivity contribution in [3.63, 3.8) is 0 Å². The second-order valence-electron chi connectivity index (χ2n) is 4.17. The van der Waals surface area contributed by atoms with Crippen LogP contribution in [0.2, 0.25) is 0 Å². The van der Waals surface area contributed by atoms with Crippen LogP contribution < -0.4 is 0 Å². The largest absolute Gasteiger partial charge is 0.339 e. The minimum Gasteiger partial charge on any atom is -0.339 e. The maximum Gasteiger partial charge on any atom is 0.138 e. The Hall–Kier alpha value is -1.83. The zero-order chi connectivity index (χ0) is 11.1. The van der Waals surface area contributed by atoms with Crippen molar-refractivity contribution in [3.05, 3.63) is 41.6 Å². The first-order valence-corrected chi connectivity index (χ1v) is 5.66. The van der Waals surface area contributed by atoms with Crippen molar-refractivity contribution >= 4 is 21.9 Å². The molecule has 0 unspecified atom stereocenters. The summed E-state index contributed by atoms with van der Waals surface area (Å²) in [4.78, 5) is 8.04. The number of aromatic nitrogens is 2. The van der Waals surface area contributed by atoms with E-state index in [0.29, 0.717) is 0 Å². The number of fused-ring (bicyclic) bond motifs is 3. The van der Waals surface area contributed by atoms with Crippen molar-refractivity contribution in [2.24, 2.45) is 0 Å². The van der Waals surface area contributed by atoms with Gasteiger partial charge in [-0.2, -0.15) is 0 Å². The van der Waals surface area contributed by atoms with Crippen LogP contribution in [0.1, 0.15) is 18.2 Å². The molecule has 1 aromatic carbocycles. The Morgan fingerprint density at radius 1 is 1.19 bits per heavy atom. The van der Waals surface area contributed by atoms with Gasteiger partial charge in [0.1, 0.15) is 5.65 Å². The van der Waals surface area contributed by atoms with Gasteiger partial charge >= 0.3 is 0 Å². The first kappa shape index (κ1) is 9.40. The van der Waals surface area contributed by atoms with Crippen molar-refractivity contribution in [1.82, 2.24) is 9.97 Å². The van der Waals surface area contributed by atoms with Crippen LogP contribution in [0.4, 0.5) is 0 Å². The lowest BCUT2D eigenvalue weighted by Crippen LogP contribution is -1.91. The molecule has 0 aliphatic heterocycles. The maximum atomic E-state index is 4.67. The Bertz CT molecular complexity index is 665. The molecule has 0 saturated heterocycles. The van der Waals surface area contributed by atoms with E-state index in [0.717, 1.165) is 17.6 Å². The van der Waals surface area contributed by atoms with Gasteiger partial charge in [-0.3, -0.25) is 0 Å². The zero-order valence-electron chi connectivity index (χ0n) is 9.54. The van der Waals surface area contributed by atoms with Gasteiger partial charge in [0.15, 0.2) is 0 Å². The molecule has 0 spiro atoms. The molecule has 3 rings (SSSR count). The smallest absolute Gasteiger partial charge is 0.138 e. The standard InChI is InChI=1S/C14H14N2/c1-3-12-9(2)8-11-10-6-4-5-7-13(10)16-14(11)15-12/h4-8H,3H2,1-2H3,(H,15,16). The van der Waals surface area contributed by atoms with E-state index in [4.69, 9.17) is 0 Å². The Morgan fingerprint density at radius 2 is 2.00 bits per heavy atom. The molecule has 0 atom stereocenters. The number of nitrogens with one attached hydrogen (secondary N) is 1. The van der Waals surface area contributed by atoms with Crippen LogP contribution in [0.5, 0.6) is 0 Å². The van der Waals surface area contributed by atoms with Crippen LogP contribution in [-0.2, 0) is 6.42 Å². The first-order valence-electron chi connectivity index (χ1n) is 5.66. The lowest BCUT2D eigenvalue weighted by Gasteiger charge is -2.01. The normalized spacial score (nSPS) is 11.4. The van der Waals surface area contributed by atoms with E-state index < -0.39 is 0 Å². The summed E-state index contributed by atoms with van der Waals surface area (Å²) in [6.45, 7) is 4.27. The molecule has 0 fully saturated rings. The molecule has 0 aliphatic rings. The Labute approximate surface area is 94.3 Å². The SMILES string of the molecule is CCc1nc2[nH]c3ccccc3c2cc1C. The van der Waals surface area contributed by atoms with Gasteiger partial charge in [0.25, 0.3) is 0 Å². The Kier molecular flexibility index (Phi) is 1.96. The minimum atomic E-state index is 0.983. The maximum absolute atomic E-state index is 4.67. The summed E-state index contributed by atoms with van der Waals surface area (Å²) in [5.74, 6) is 0. The molecule has 0 aliphatic carbocycles. The molecule has 16 heavy (non-hydrogen) atoms. The minimum absolute atomic E-state index is 0.983. The molecule has 2 heterocycles. The van der Waals surface area contributed by atoms with E-state index in [2.05, 4.69) is 48.1 Å². The van der Waals surface area contributed by atoms with Crippen molar-refractivity contribution < 1.29 is 0 Å². The quantitative estimate of drug-likeness (QED) is 0.653. The number of hydrogen-bond acceptors (Lipinski definition) is 1. The average Bonchev–Trinajstić information content (AvgIpc) is 2.66. The van der Waals surface area contributed by atoms with Crippen molar-refractivity contribution in [3.8, 4) is 0 Å². The molecule has 3 aromatic rings. The molecule has 2 aromatic heterocycles. The number of nitrogens with zero attached hydrogens (tertiary/aromatic N) is 1. The third-order valence-corrected chi connectivity index (χ3v) is 3.12. The molecule has 80 valence electrons. The summed E-state index contributed by atoms with van der Waals surface area (Å²) in [5.41, 5.74) is 4.63. The molecular formula is C14H14N2. The van der Waals surface area contributed by atoms with Crippen molar-refractivity contribution in [1.29, 1.82) is 0 Å². The fourth-order valence-corrected chi connectivity index (χ4v) is 2.26. The average molecular weight is 210 g/mol. The summed E-state index contributed by atoms with van der Waals surface area (Å²) < 4.78 is 0. The Morgan fingerprint density at radius 3 is 2.81 bits per heavy atom. The molecule has 2 nitrogen and oxygen atoms in total. The molecule has 0 radical (unpaired) electrons. The van der Waals surface area contributed by atoms with Gasteiger partial charge in [-0.15, -0.1) is 0 Å². The topological polar surface area (TPSA) is 28.7 Å². The van der Waals surface area contributed by atoms with Gasteiger partial charge < -0.3 is 4.98 Å². The highest BCUT2D eigenvalue weighted by molar-refractivity contribution is 6.05. The van der Waals surface area contributed by atoms with Crippen LogP contribution in [-0.4, -0.2) is 9.97 Å². The van der Waals surface area contributed by atoms with E-state index in [1.807, 2.05) is 6.07 Å². The van der Waals surface area contributed by atoms with Gasteiger partial charge in [-0.25, -0.2) is 4.98 Å². The summed E-state index contributed by atoms with van der Waals surface area (Å²) in [7, 11) is 0. The number of rotatable bonds is 1. The van der Waals surface area contributed by atoms with E-state index in [1.165, 1.54) is 22.0 Å². The highest BCUT2D eigenvalue weighted by Crippen LogP contribution is 2.25. The molecule has 2 heteroatoms. The second-order valence-corrected chi connectivity index (χ2v) is 4.17. The van der Waals surface area contributed by atoms with Gasteiger partial charge in [-0.05, 0) is 31.0 Å². The van der Waals surface area contributed by atoms with E-state index in [9.17, 15) is 0 Å².